The lowest BCUT2D eigenvalue weighted by molar-refractivity contribution is 0.707. The number of rotatable bonds is 1. The molecule has 0 unspecified atom stereocenters. The van der Waals surface area contributed by atoms with Crippen LogP contribution in [-0.4, -0.2) is 14.1 Å². The van der Waals surface area contributed by atoms with Gasteiger partial charge in [-0.05, 0) is 5.56 Å². The smallest absolute Gasteiger partial charge is 0.332 e. The fourth-order valence-electron chi connectivity index (χ4n) is 2.54. The maximum atomic E-state index is 12.6. The molecule has 7 heteroatoms. The first-order chi connectivity index (χ1) is 11.0. The fourth-order valence-corrected chi connectivity index (χ4v) is 2.54. The van der Waals surface area contributed by atoms with E-state index in [1.54, 1.807) is 30.3 Å². The number of nitrogens with one attached hydrogen (secondary N) is 1. The van der Waals surface area contributed by atoms with Gasteiger partial charge in [0.2, 0.25) is 5.43 Å². The van der Waals surface area contributed by atoms with Crippen LogP contribution in [0.5, 0.6) is 0 Å². The van der Waals surface area contributed by atoms with Gasteiger partial charge in [-0.2, -0.15) is 5.26 Å². The number of aromatic nitrogens is 3. The summed E-state index contributed by atoms with van der Waals surface area (Å²) in [6, 6.07) is 10.7. The first-order valence-electron chi connectivity index (χ1n) is 6.79. The molecular formula is C16H12N4O3. The second-order valence-electron chi connectivity index (χ2n) is 5.11. The van der Waals surface area contributed by atoms with Gasteiger partial charge in [-0.1, -0.05) is 30.3 Å². The quantitative estimate of drug-likeness (QED) is 0.706. The Hall–Kier alpha value is -3.40. The summed E-state index contributed by atoms with van der Waals surface area (Å²) in [6.45, 7) is 0. The number of pyridine rings is 1. The molecule has 0 bridgehead atoms. The van der Waals surface area contributed by atoms with Gasteiger partial charge in [0.25, 0.3) is 5.56 Å². The van der Waals surface area contributed by atoms with Crippen molar-refractivity contribution in [2.45, 2.75) is 0 Å². The van der Waals surface area contributed by atoms with E-state index < -0.39 is 16.7 Å². The molecule has 0 saturated carbocycles. The molecule has 0 saturated heterocycles. The summed E-state index contributed by atoms with van der Waals surface area (Å²) in [7, 11) is 2.75. The van der Waals surface area contributed by atoms with Crippen molar-refractivity contribution in [2.24, 2.45) is 14.1 Å². The van der Waals surface area contributed by atoms with E-state index in [1.807, 2.05) is 6.07 Å². The van der Waals surface area contributed by atoms with Gasteiger partial charge in [-0.15, -0.1) is 0 Å². The molecule has 0 atom stereocenters. The van der Waals surface area contributed by atoms with Crippen molar-refractivity contribution in [3.05, 3.63) is 67.0 Å². The predicted molar refractivity (Wildman–Crippen MR) is 85.2 cm³/mol. The lowest BCUT2D eigenvalue weighted by atomic mass is 10.0. The Morgan fingerprint density at radius 1 is 1.04 bits per heavy atom. The molecule has 0 amide bonds. The second-order valence-corrected chi connectivity index (χ2v) is 5.11. The number of H-pyrrole nitrogens is 1. The maximum Gasteiger partial charge on any atom is 0.332 e. The largest absolute Gasteiger partial charge is 0.339 e. The molecule has 1 N–H and O–H groups in total. The van der Waals surface area contributed by atoms with Crippen LogP contribution >= 0.6 is 0 Å². The number of hydrogen-bond acceptors (Lipinski definition) is 4. The summed E-state index contributed by atoms with van der Waals surface area (Å²) in [5, 5.41) is 9.15. The monoisotopic (exact) mass is 308 g/mol. The van der Waals surface area contributed by atoms with Crippen molar-refractivity contribution >= 4 is 11.0 Å². The minimum atomic E-state index is -0.722. The standard InChI is InChI=1S/C16H12N4O3/c1-19-14-11(15(22)20(2)16(19)23)13(21)10(8-17)12(18-14)9-6-4-3-5-7-9/h3-7H,1-2H3,(H,18,21). The molecule has 0 aliphatic rings. The van der Waals surface area contributed by atoms with Gasteiger partial charge >= 0.3 is 5.69 Å². The second kappa shape index (κ2) is 5.10. The van der Waals surface area contributed by atoms with Crippen LogP contribution in [0.3, 0.4) is 0 Å². The van der Waals surface area contributed by atoms with E-state index in [0.717, 1.165) is 4.57 Å². The Balaban J connectivity index is 2.62. The van der Waals surface area contributed by atoms with Gasteiger partial charge in [-0.25, -0.2) is 4.79 Å². The Morgan fingerprint density at radius 3 is 2.30 bits per heavy atom. The summed E-state index contributed by atoms with van der Waals surface area (Å²) in [5.74, 6) is 0. The van der Waals surface area contributed by atoms with Crippen LogP contribution < -0.4 is 16.7 Å². The molecule has 0 aliphatic carbocycles. The third-order valence-corrected chi connectivity index (χ3v) is 3.79. The van der Waals surface area contributed by atoms with Gasteiger partial charge in [-0.3, -0.25) is 18.7 Å². The molecule has 23 heavy (non-hydrogen) atoms. The Bertz CT molecular complexity index is 1140. The SMILES string of the molecule is Cn1c(=O)c2c(=O)c(C#N)c(-c3ccccc3)[nH]c2n(C)c1=O. The zero-order valence-electron chi connectivity index (χ0n) is 12.5. The molecule has 114 valence electrons. The molecular weight excluding hydrogens is 296 g/mol. The Kier molecular flexibility index (Phi) is 3.22. The fraction of sp³-hybridized carbons (Fsp3) is 0.125. The topological polar surface area (TPSA) is 101 Å². The van der Waals surface area contributed by atoms with E-state index >= 15 is 0 Å². The van der Waals surface area contributed by atoms with E-state index in [4.69, 9.17) is 0 Å². The van der Waals surface area contributed by atoms with Crippen molar-refractivity contribution in [1.29, 1.82) is 5.26 Å². The number of aryl methyl sites for hydroxylation is 1. The van der Waals surface area contributed by atoms with Crippen LogP contribution in [-0.2, 0) is 14.1 Å². The number of fused-ring (bicyclic) bond motifs is 1. The zero-order chi connectivity index (χ0) is 16.7. The maximum absolute atomic E-state index is 12.6. The van der Waals surface area contributed by atoms with E-state index in [9.17, 15) is 19.6 Å². The predicted octanol–water partition coefficient (Wildman–Crippen LogP) is 0.464. The van der Waals surface area contributed by atoms with Crippen LogP contribution in [0.4, 0.5) is 0 Å². The summed E-state index contributed by atoms with van der Waals surface area (Å²) in [4.78, 5) is 39.8. The van der Waals surface area contributed by atoms with Gasteiger partial charge < -0.3 is 4.98 Å². The summed E-state index contributed by atoms with van der Waals surface area (Å²) >= 11 is 0. The third kappa shape index (κ3) is 2.00. The third-order valence-electron chi connectivity index (χ3n) is 3.79. The highest BCUT2D eigenvalue weighted by Gasteiger charge is 2.19. The molecule has 2 aromatic heterocycles. The molecule has 0 radical (unpaired) electrons. The van der Waals surface area contributed by atoms with Gasteiger partial charge in [0.1, 0.15) is 22.7 Å². The molecule has 0 aliphatic heterocycles. The van der Waals surface area contributed by atoms with Crippen LogP contribution in [0.2, 0.25) is 0 Å². The summed E-state index contributed by atoms with van der Waals surface area (Å²) in [6.07, 6.45) is 0. The molecule has 7 nitrogen and oxygen atoms in total. The normalized spacial score (nSPS) is 10.7. The highest BCUT2D eigenvalue weighted by atomic mass is 16.2. The van der Waals surface area contributed by atoms with Gasteiger partial charge in [0.05, 0.1) is 5.69 Å². The Labute approximate surface area is 129 Å². The van der Waals surface area contributed by atoms with E-state index in [-0.39, 0.29) is 22.3 Å². The number of nitriles is 1. The van der Waals surface area contributed by atoms with Gasteiger partial charge in [0, 0.05) is 14.1 Å². The average molecular weight is 308 g/mol. The van der Waals surface area contributed by atoms with E-state index in [2.05, 4.69) is 4.98 Å². The van der Waals surface area contributed by atoms with Gasteiger partial charge in [0.15, 0.2) is 0 Å². The minimum Gasteiger partial charge on any atom is -0.339 e. The molecule has 0 spiro atoms. The van der Waals surface area contributed by atoms with Crippen molar-refractivity contribution in [2.75, 3.05) is 0 Å². The summed E-state index contributed by atoms with van der Waals surface area (Å²) in [5.41, 5.74) is -1.11. The van der Waals surface area contributed by atoms with Crippen molar-refractivity contribution in [3.8, 4) is 17.3 Å². The zero-order valence-corrected chi connectivity index (χ0v) is 12.5. The lowest BCUT2D eigenvalue weighted by Crippen LogP contribution is -2.39. The number of nitrogens with zero attached hydrogens (tertiary/aromatic N) is 3. The molecule has 3 aromatic rings. The van der Waals surface area contributed by atoms with Crippen molar-refractivity contribution in [1.82, 2.24) is 14.1 Å². The molecule has 1 aromatic carbocycles. The van der Waals surface area contributed by atoms with Crippen LogP contribution in [0.15, 0.2) is 44.7 Å². The molecule has 3 rings (SSSR count). The lowest BCUT2D eigenvalue weighted by Gasteiger charge is -2.11. The first kappa shape index (κ1) is 14.5. The molecule has 0 fully saturated rings. The number of hydrogen-bond donors (Lipinski definition) is 1. The average Bonchev–Trinajstić information content (AvgIpc) is 2.58. The molecule has 2 heterocycles. The van der Waals surface area contributed by atoms with Crippen LogP contribution in [0, 0.1) is 11.3 Å². The Morgan fingerprint density at radius 2 is 1.70 bits per heavy atom. The minimum absolute atomic E-state index is 0.0981. The number of benzene rings is 1. The van der Waals surface area contributed by atoms with E-state index in [0.29, 0.717) is 5.56 Å². The van der Waals surface area contributed by atoms with Crippen LogP contribution in [0.1, 0.15) is 5.56 Å². The number of aromatic amines is 1. The van der Waals surface area contributed by atoms with Crippen molar-refractivity contribution < 1.29 is 0 Å². The van der Waals surface area contributed by atoms with Crippen LogP contribution in [0.25, 0.3) is 22.3 Å². The van der Waals surface area contributed by atoms with Crippen molar-refractivity contribution in [3.63, 3.8) is 0 Å². The summed E-state index contributed by atoms with van der Waals surface area (Å²) < 4.78 is 2.03. The highest BCUT2D eigenvalue weighted by Crippen LogP contribution is 2.20. The highest BCUT2D eigenvalue weighted by molar-refractivity contribution is 5.81. The van der Waals surface area contributed by atoms with E-state index in [1.165, 1.54) is 18.7 Å². The first-order valence-corrected chi connectivity index (χ1v) is 6.79.